The first-order valence-electron chi connectivity index (χ1n) is 10.4. The molecule has 0 radical (unpaired) electrons. The molecule has 35 heavy (non-hydrogen) atoms. The van der Waals surface area contributed by atoms with Crippen molar-refractivity contribution in [1.29, 1.82) is 0 Å². The molecule has 5 nitrogen and oxygen atoms in total. The van der Waals surface area contributed by atoms with Crippen molar-refractivity contribution in [2.24, 2.45) is 0 Å². The Morgan fingerprint density at radius 2 is 1.69 bits per heavy atom. The summed E-state index contributed by atoms with van der Waals surface area (Å²) in [4.78, 5) is 17.3. The lowest BCUT2D eigenvalue weighted by Gasteiger charge is -2.22. The second-order valence-corrected chi connectivity index (χ2v) is 9.36. The van der Waals surface area contributed by atoms with Gasteiger partial charge in [-0.3, -0.25) is 9.89 Å². The van der Waals surface area contributed by atoms with Gasteiger partial charge in [0.2, 0.25) is 0 Å². The van der Waals surface area contributed by atoms with Crippen molar-refractivity contribution in [3.8, 4) is 22.5 Å². The van der Waals surface area contributed by atoms with Crippen LogP contribution in [0.15, 0.2) is 53.9 Å². The maximum absolute atomic E-state index is 14.2. The Morgan fingerprint density at radius 1 is 0.971 bits per heavy atom. The average Bonchev–Trinajstić information content (AvgIpc) is 3.48. The topological polar surface area (TPSA) is 70.7 Å². The molecule has 0 spiro atoms. The monoisotopic (exact) mass is 506 g/mol. The standard InChI is InChI=1S/C24H19F5N4OS/c1-23(2,22-31-19(11-35-22)13-3-5-16(25)6-4-13)12-30-21(34)15-7-14(8-17(26)9-15)18-10-20(33-32-18)24(27,28)29/h3-11H,12H2,1-2H3,(H,30,34)(H,32,33). The van der Waals surface area contributed by atoms with E-state index in [9.17, 15) is 26.7 Å². The summed E-state index contributed by atoms with van der Waals surface area (Å²) in [5.74, 6) is -1.73. The summed E-state index contributed by atoms with van der Waals surface area (Å²) in [6.45, 7) is 3.91. The van der Waals surface area contributed by atoms with Gasteiger partial charge in [0.1, 0.15) is 22.3 Å². The van der Waals surface area contributed by atoms with Gasteiger partial charge in [0.25, 0.3) is 5.91 Å². The van der Waals surface area contributed by atoms with Crippen LogP contribution in [-0.4, -0.2) is 27.6 Å². The van der Waals surface area contributed by atoms with Crippen molar-refractivity contribution in [1.82, 2.24) is 20.5 Å². The molecule has 0 saturated carbocycles. The van der Waals surface area contributed by atoms with E-state index in [1.54, 1.807) is 12.1 Å². The Labute approximate surface area is 201 Å². The van der Waals surface area contributed by atoms with E-state index in [2.05, 4.69) is 15.4 Å². The highest BCUT2D eigenvalue weighted by Gasteiger charge is 2.33. The first-order valence-corrected chi connectivity index (χ1v) is 11.2. The normalized spacial score (nSPS) is 12.1. The number of benzene rings is 2. The number of alkyl halides is 3. The maximum atomic E-state index is 14.2. The molecule has 1 amide bonds. The van der Waals surface area contributed by atoms with Gasteiger partial charge in [-0.15, -0.1) is 11.3 Å². The van der Waals surface area contributed by atoms with Gasteiger partial charge in [-0.25, -0.2) is 13.8 Å². The molecule has 0 aliphatic heterocycles. The van der Waals surface area contributed by atoms with Gasteiger partial charge in [-0.1, -0.05) is 13.8 Å². The summed E-state index contributed by atoms with van der Waals surface area (Å²) in [5, 5.41) is 10.8. The number of rotatable bonds is 6. The van der Waals surface area contributed by atoms with Gasteiger partial charge in [-0.2, -0.15) is 18.3 Å². The number of amides is 1. The third-order valence-electron chi connectivity index (χ3n) is 5.25. The molecule has 4 aromatic rings. The van der Waals surface area contributed by atoms with Crippen molar-refractivity contribution >= 4 is 17.2 Å². The van der Waals surface area contributed by atoms with Gasteiger partial charge in [0.05, 0.1) is 11.4 Å². The van der Waals surface area contributed by atoms with Crippen LogP contribution in [0.4, 0.5) is 22.0 Å². The molecule has 0 aliphatic carbocycles. The van der Waals surface area contributed by atoms with Gasteiger partial charge in [-0.05, 0) is 48.5 Å². The van der Waals surface area contributed by atoms with Crippen molar-refractivity contribution in [2.75, 3.05) is 6.54 Å². The van der Waals surface area contributed by atoms with E-state index >= 15 is 0 Å². The Kier molecular flexibility index (Phi) is 6.46. The minimum atomic E-state index is -4.63. The number of carbonyl (C=O) groups is 1. The number of nitrogens with zero attached hydrogens (tertiary/aromatic N) is 2. The highest BCUT2D eigenvalue weighted by Crippen LogP contribution is 2.32. The number of aromatic nitrogens is 3. The van der Waals surface area contributed by atoms with E-state index < -0.39 is 29.0 Å². The van der Waals surface area contributed by atoms with Crippen LogP contribution in [0.2, 0.25) is 0 Å². The third kappa shape index (κ3) is 5.56. The minimum Gasteiger partial charge on any atom is -0.351 e. The zero-order valence-electron chi connectivity index (χ0n) is 18.5. The fourth-order valence-electron chi connectivity index (χ4n) is 3.30. The predicted molar refractivity (Wildman–Crippen MR) is 122 cm³/mol. The average molecular weight is 507 g/mol. The molecular weight excluding hydrogens is 487 g/mol. The van der Waals surface area contributed by atoms with E-state index in [0.29, 0.717) is 5.69 Å². The van der Waals surface area contributed by atoms with Crippen LogP contribution in [-0.2, 0) is 11.6 Å². The zero-order chi connectivity index (χ0) is 25.4. The van der Waals surface area contributed by atoms with Crippen LogP contribution in [0, 0.1) is 11.6 Å². The summed E-state index contributed by atoms with van der Waals surface area (Å²) < 4.78 is 65.9. The second-order valence-electron chi connectivity index (χ2n) is 8.50. The fourth-order valence-corrected chi connectivity index (χ4v) is 4.25. The number of carbonyl (C=O) groups excluding carboxylic acids is 1. The molecule has 0 fully saturated rings. The Hall–Kier alpha value is -3.60. The summed E-state index contributed by atoms with van der Waals surface area (Å²) in [6, 6.07) is 9.98. The van der Waals surface area contributed by atoms with Crippen molar-refractivity contribution in [3.63, 3.8) is 0 Å². The summed E-state index contributed by atoms with van der Waals surface area (Å²) >= 11 is 1.39. The highest BCUT2D eigenvalue weighted by molar-refractivity contribution is 7.10. The second kappa shape index (κ2) is 9.21. The smallest absolute Gasteiger partial charge is 0.351 e. The van der Waals surface area contributed by atoms with Crippen molar-refractivity contribution < 1.29 is 26.7 Å². The lowest BCUT2D eigenvalue weighted by atomic mass is 9.94. The zero-order valence-corrected chi connectivity index (χ0v) is 19.3. The van der Waals surface area contributed by atoms with Crippen LogP contribution in [0.1, 0.15) is 34.9 Å². The van der Waals surface area contributed by atoms with Crippen LogP contribution in [0.25, 0.3) is 22.5 Å². The Bertz CT molecular complexity index is 1360. The molecule has 0 unspecified atom stereocenters. The predicted octanol–water partition coefficient (Wildman–Crippen LogP) is 6.20. The van der Waals surface area contributed by atoms with Crippen LogP contribution >= 0.6 is 11.3 Å². The van der Waals surface area contributed by atoms with Gasteiger partial charge >= 0.3 is 6.18 Å². The number of aromatic amines is 1. The van der Waals surface area contributed by atoms with Gasteiger partial charge in [0, 0.05) is 34.0 Å². The molecule has 11 heteroatoms. The lowest BCUT2D eigenvalue weighted by Crippen LogP contribution is -2.36. The van der Waals surface area contributed by atoms with E-state index in [0.717, 1.165) is 28.8 Å². The number of halogens is 5. The first-order chi connectivity index (χ1) is 16.4. The van der Waals surface area contributed by atoms with Crippen LogP contribution in [0.3, 0.4) is 0 Å². The molecule has 2 N–H and O–H groups in total. The van der Waals surface area contributed by atoms with Crippen molar-refractivity contribution in [3.05, 3.63) is 81.8 Å². The summed E-state index contributed by atoms with van der Waals surface area (Å²) in [7, 11) is 0. The Morgan fingerprint density at radius 3 is 2.34 bits per heavy atom. The number of thiazole rings is 1. The highest BCUT2D eigenvalue weighted by atomic mass is 32.1. The quantitative estimate of drug-likeness (QED) is 0.306. The molecule has 0 saturated heterocycles. The molecule has 0 aliphatic rings. The lowest BCUT2D eigenvalue weighted by molar-refractivity contribution is -0.141. The number of nitrogens with one attached hydrogen (secondary N) is 2. The number of H-pyrrole nitrogens is 1. The van der Waals surface area contributed by atoms with E-state index in [1.807, 2.05) is 24.3 Å². The first kappa shape index (κ1) is 24.5. The molecule has 2 aromatic carbocycles. The summed E-state index contributed by atoms with van der Waals surface area (Å²) in [6.07, 6.45) is -4.63. The van der Waals surface area contributed by atoms with E-state index in [1.165, 1.54) is 29.5 Å². The third-order valence-corrected chi connectivity index (χ3v) is 6.46. The number of hydrogen-bond acceptors (Lipinski definition) is 4. The van der Waals surface area contributed by atoms with Crippen LogP contribution < -0.4 is 5.32 Å². The van der Waals surface area contributed by atoms with Gasteiger partial charge in [0.15, 0.2) is 0 Å². The molecule has 182 valence electrons. The summed E-state index contributed by atoms with van der Waals surface area (Å²) in [5.41, 5.74) is -0.387. The molecular formula is C24H19F5N4OS. The SMILES string of the molecule is CC(C)(CNC(=O)c1cc(F)cc(-c2cc(C(F)(F)F)[nH]n2)c1)c1nc(-c2ccc(F)cc2)cs1. The Balaban J connectivity index is 1.48. The van der Waals surface area contributed by atoms with E-state index in [4.69, 9.17) is 0 Å². The minimum absolute atomic E-state index is 0.0324. The largest absolute Gasteiger partial charge is 0.432 e. The molecule has 0 bridgehead atoms. The molecule has 4 rings (SSSR count). The molecule has 0 atom stereocenters. The van der Waals surface area contributed by atoms with Gasteiger partial charge < -0.3 is 5.32 Å². The fraction of sp³-hybridized carbons (Fsp3) is 0.208. The molecule has 2 aromatic heterocycles. The van der Waals surface area contributed by atoms with Crippen LogP contribution in [0.5, 0.6) is 0 Å². The van der Waals surface area contributed by atoms with E-state index in [-0.39, 0.29) is 29.2 Å². The number of hydrogen-bond donors (Lipinski definition) is 2. The van der Waals surface area contributed by atoms with Crippen molar-refractivity contribution in [2.45, 2.75) is 25.4 Å². The molecule has 2 heterocycles. The maximum Gasteiger partial charge on any atom is 0.432 e.